The molecule has 6 heteroatoms. The lowest BCUT2D eigenvalue weighted by atomic mass is 9.95. The number of halogens is 1. The van der Waals surface area contributed by atoms with E-state index in [0.717, 1.165) is 12.0 Å². The first-order chi connectivity index (χ1) is 10.0. The molecule has 0 fully saturated rings. The summed E-state index contributed by atoms with van der Waals surface area (Å²) in [6, 6.07) is 5.97. The summed E-state index contributed by atoms with van der Waals surface area (Å²) in [5.41, 5.74) is 0.383. The van der Waals surface area contributed by atoms with Crippen LogP contribution in [0.2, 0.25) is 0 Å². The summed E-state index contributed by atoms with van der Waals surface area (Å²) in [7, 11) is 1.62. The largest absolute Gasteiger partial charge is 0.385 e. The van der Waals surface area contributed by atoms with E-state index in [1.54, 1.807) is 26.2 Å². The third kappa shape index (κ3) is 3.78. The Bertz CT molecular complexity index is 530. The summed E-state index contributed by atoms with van der Waals surface area (Å²) < 4.78 is 17.8. The predicted octanol–water partition coefficient (Wildman–Crippen LogP) is 1.86. The molecular weight excluding hydrogens is 275 g/mol. The van der Waals surface area contributed by atoms with Gasteiger partial charge in [0.1, 0.15) is 5.82 Å². The minimum atomic E-state index is -1.02. The number of carbonyl (C=O) groups excluding carboxylic acids is 1. The Morgan fingerprint density at radius 3 is 2.86 bits per heavy atom. The van der Waals surface area contributed by atoms with Crippen LogP contribution in [0.4, 0.5) is 4.39 Å². The van der Waals surface area contributed by atoms with Crippen LogP contribution in [0.5, 0.6) is 0 Å². The zero-order valence-electron chi connectivity index (χ0n) is 12.2. The van der Waals surface area contributed by atoms with E-state index in [1.807, 2.05) is 0 Å². The third-order valence-corrected chi connectivity index (χ3v) is 3.33. The highest BCUT2D eigenvalue weighted by Gasteiger charge is 2.41. The van der Waals surface area contributed by atoms with Crippen LogP contribution in [-0.4, -0.2) is 37.5 Å². The van der Waals surface area contributed by atoms with Crippen molar-refractivity contribution in [3.8, 4) is 0 Å². The molecule has 114 valence electrons. The maximum absolute atomic E-state index is 12.9. The number of nitrogens with zero attached hydrogens (tertiary/aromatic N) is 1. The van der Waals surface area contributed by atoms with E-state index in [-0.39, 0.29) is 11.7 Å². The summed E-state index contributed by atoms with van der Waals surface area (Å²) in [5.74, 6) is -0.517. The molecule has 1 aliphatic heterocycles. The number of methoxy groups -OCH3 is 1. The van der Waals surface area contributed by atoms with Crippen molar-refractivity contribution in [2.45, 2.75) is 25.4 Å². The quantitative estimate of drug-likeness (QED) is 0.815. The maximum Gasteiger partial charge on any atom is 0.267 e. The van der Waals surface area contributed by atoms with Crippen molar-refractivity contribution in [1.29, 1.82) is 0 Å². The molecule has 0 spiro atoms. The molecule has 1 unspecified atom stereocenters. The molecule has 0 radical (unpaired) electrons. The molecule has 1 amide bonds. The number of rotatable bonds is 6. The summed E-state index contributed by atoms with van der Waals surface area (Å²) >= 11 is 0. The summed E-state index contributed by atoms with van der Waals surface area (Å²) in [5, 5.41) is 6.77. The lowest BCUT2D eigenvalue weighted by Gasteiger charge is -2.20. The Balaban J connectivity index is 1.92. The van der Waals surface area contributed by atoms with Gasteiger partial charge in [0.25, 0.3) is 5.91 Å². The molecule has 1 N–H and O–H groups in total. The SMILES string of the molecule is COCCCNC(=O)C1(C)CC(c2ccc(F)cc2)=NO1. The number of amides is 1. The van der Waals surface area contributed by atoms with Gasteiger partial charge in [-0.1, -0.05) is 17.3 Å². The molecule has 0 bridgehead atoms. The van der Waals surface area contributed by atoms with Gasteiger partial charge in [0.15, 0.2) is 0 Å². The normalized spacial score (nSPS) is 20.8. The molecule has 0 saturated carbocycles. The number of ether oxygens (including phenoxy) is 1. The molecule has 1 atom stereocenters. The molecule has 0 aromatic heterocycles. The Labute approximate surface area is 123 Å². The molecule has 1 aromatic rings. The van der Waals surface area contributed by atoms with Crippen molar-refractivity contribution < 1.29 is 18.8 Å². The smallest absolute Gasteiger partial charge is 0.267 e. The minimum Gasteiger partial charge on any atom is -0.385 e. The molecule has 5 nitrogen and oxygen atoms in total. The fourth-order valence-electron chi connectivity index (χ4n) is 2.06. The summed E-state index contributed by atoms with van der Waals surface area (Å²) in [6.45, 7) is 2.81. The fourth-order valence-corrected chi connectivity index (χ4v) is 2.06. The van der Waals surface area contributed by atoms with E-state index in [9.17, 15) is 9.18 Å². The highest BCUT2D eigenvalue weighted by atomic mass is 19.1. The number of hydrogen-bond acceptors (Lipinski definition) is 4. The van der Waals surface area contributed by atoms with E-state index < -0.39 is 5.60 Å². The molecule has 2 rings (SSSR count). The highest BCUT2D eigenvalue weighted by Crippen LogP contribution is 2.26. The van der Waals surface area contributed by atoms with Crippen molar-refractivity contribution in [1.82, 2.24) is 5.32 Å². The van der Waals surface area contributed by atoms with Gasteiger partial charge >= 0.3 is 0 Å². The average molecular weight is 294 g/mol. The Morgan fingerprint density at radius 2 is 2.19 bits per heavy atom. The first-order valence-corrected chi connectivity index (χ1v) is 6.83. The van der Waals surface area contributed by atoms with Crippen molar-refractivity contribution in [2.75, 3.05) is 20.3 Å². The van der Waals surface area contributed by atoms with Crippen LogP contribution in [0.1, 0.15) is 25.3 Å². The molecule has 0 aliphatic carbocycles. The van der Waals surface area contributed by atoms with E-state index in [2.05, 4.69) is 10.5 Å². The van der Waals surface area contributed by atoms with Gasteiger partial charge in [-0.3, -0.25) is 4.79 Å². The highest BCUT2D eigenvalue weighted by molar-refractivity contribution is 6.05. The van der Waals surface area contributed by atoms with Crippen molar-refractivity contribution in [3.63, 3.8) is 0 Å². The monoisotopic (exact) mass is 294 g/mol. The maximum atomic E-state index is 12.9. The number of oxime groups is 1. The van der Waals surface area contributed by atoms with Gasteiger partial charge in [-0.25, -0.2) is 4.39 Å². The van der Waals surface area contributed by atoms with Crippen LogP contribution in [0.15, 0.2) is 29.4 Å². The molecule has 21 heavy (non-hydrogen) atoms. The van der Waals surface area contributed by atoms with Gasteiger partial charge in [-0.15, -0.1) is 0 Å². The van der Waals surface area contributed by atoms with Gasteiger partial charge in [-0.2, -0.15) is 0 Å². The number of carbonyl (C=O) groups is 1. The molecule has 1 heterocycles. The topological polar surface area (TPSA) is 59.9 Å². The van der Waals surface area contributed by atoms with Crippen molar-refractivity contribution in [2.24, 2.45) is 5.16 Å². The van der Waals surface area contributed by atoms with Crippen molar-refractivity contribution >= 4 is 11.6 Å². The van der Waals surface area contributed by atoms with Crippen LogP contribution in [0, 0.1) is 5.82 Å². The van der Waals surface area contributed by atoms with Gasteiger partial charge in [-0.05, 0) is 31.0 Å². The van der Waals surface area contributed by atoms with Gasteiger partial charge in [0, 0.05) is 26.7 Å². The number of hydrogen-bond donors (Lipinski definition) is 1. The standard InChI is InChI=1S/C15H19FN2O3/c1-15(14(19)17-8-3-9-20-2)10-13(18-21-15)11-4-6-12(16)7-5-11/h4-7H,3,8-10H2,1-2H3,(H,17,19). The number of benzene rings is 1. The molecule has 1 aliphatic rings. The molecular formula is C15H19FN2O3. The van der Waals surface area contributed by atoms with Crippen LogP contribution in [0.3, 0.4) is 0 Å². The lowest BCUT2D eigenvalue weighted by Crippen LogP contribution is -2.45. The van der Waals surface area contributed by atoms with Crippen LogP contribution in [-0.2, 0) is 14.4 Å². The first kappa shape index (κ1) is 15.4. The second-order valence-electron chi connectivity index (χ2n) is 5.15. The lowest BCUT2D eigenvalue weighted by molar-refractivity contribution is -0.141. The van der Waals surface area contributed by atoms with E-state index in [4.69, 9.17) is 9.57 Å². The van der Waals surface area contributed by atoms with Crippen LogP contribution < -0.4 is 5.32 Å². The Morgan fingerprint density at radius 1 is 1.48 bits per heavy atom. The summed E-state index contributed by atoms with van der Waals surface area (Å²) in [6.07, 6.45) is 1.10. The molecule has 0 saturated heterocycles. The van der Waals surface area contributed by atoms with Crippen LogP contribution >= 0.6 is 0 Å². The van der Waals surface area contributed by atoms with Gasteiger partial charge in [0.2, 0.25) is 5.60 Å². The van der Waals surface area contributed by atoms with E-state index in [1.165, 1.54) is 12.1 Å². The minimum absolute atomic E-state index is 0.209. The van der Waals surface area contributed by atoms with E-state index in [0.29, 0.717) is 25.3 Å². The second-order valence-corrected chi connectivity index (χ2v) is 5.15. The zero-order chi connectivity index (χ0) is 15.3. The third-order valence-electron chi connectivity index (χ3n) is 3.33. The summed E-state index contributed by atoms with van der Waals surface area (Å²) in [4.78, 5) is 17.5. The van der Waals surface area contributed by atoms with E-state index >= 15 is 0 Å². The predicted molar refractivity (Wildman–Crippen MR) is 76.5 cm³/mol. The first-order valence-electron chi connectivity index (χ1n) is 6.83. The number of nitrogens with one attached hydrogen (secondary N) is 1. The Hall–Kier alpha value is -1.95. The van der Waals surface area contributed by atoms with Gasteiger partial charge < -0.3 is 14.9 Å². The Kier molecular flexibility index (Phi) is 4.90. The second kappa shape index (κ2) is 6.67. The zero-order valence-corrected chi connectivity index (χ0v) is 12.2. The van der Waals surface area contributed by atoms with Crippen LogP contribution in [0.25, 0.3) is 0 Å². The average Bonchev–Trinajstić information content (AvgIpc) is 2.88. The molecule has 1 aromatic carbocycles. The van der Waals surface area contributed by atoms with Crippen molar-refractivity contribution in [3.05, 3.63) is 35.6 Å². The van der Waals surface area contributed by atoms with Gasteiger partial charge in [0.05, 0.1) is 5.71 Å². The fraction of sp³-hybridized carbons (Fsp3) is 0.467.